The van der Waals surface area contributed by atoms with Crippen LogP contribution in [0.25, 0.3) is 0 Å². The summed E-state index contributed by atoms with van der Waals surface area (Å²) in [7, 11) is 0. The van der Waals surface area contributed by atoms with E-state index in [0.717, 1.165) is 17.3 Å². The van der Waals surface area contributed by atoms with Crippen LogP contribution in [0.5, 0.6) is 5.75 Å². The summed E-state index contributed by atoms with van der Waals surface area (Å²) in [6.45, 7) is 6.57. The first-order chi connectivity index (χ1) is 13.5. The van der Waals surface area contributed by atoms with Gasteiger partial charge < -0.3 is 15.4 Å². The number of benzene rings is 2. The van der Waals surface area contributed by atoms with Gasteiger partial charge in [0.25, 0.3) is 0 Å². The minimum absolute atomic E-state index is 0.108. The molecule has 28 heavy (non-hydrogen) atoms. The number of para-hydroxylation sites is 1. The van der Waals surface area contributed by atoms with Gasteiger partial charge in [-0.15, -0.1) is 0 Å². The SMILES string of the molecule is Cc1cc(C)c(Nc2ccc(NC(=O)CCOc3ccccc3)cn2)c(C)c1. The number of hydrogen-bond acceptors (Lipinski definition) is 4. The maximum atomic E-state index is 12.1. The number of rotatable bonds is 7. The number of carbonyl (C=O) groups excluding carboxylic acids is 1. The van der Waals surface area contributed by atoms with Crippen molar-refractivity contribution in [3.05, 3.63) is 77.5 Å². The van der Waals surface area contributed by atoms with Crippen LogP contribution in [-0.4, -0.2) is 17.5 Å². The molecular formula is C23H25N3O2. The Bertz CT molecular complexity index is 915. The number of aryl methyl sites for hydroxylation is 3. The number of ether oxygens (including phenoxy) is 1. The summed E-state index contributed by atoms with van der Waals surface area (Å²) in [6, 6.07) is 17.4. The number of anilines is 3. The van der Waals surface area contributed by atoms with E-state index in [2.05, 4.69) is 48.5 Å². The van der Waals surface area contributed by atoms with Gasteiger partial charge in [-0.1, -0.05) is 35.9 Å². The molecule has 0 atom stereocenters. The Balaban J connectivity index is 1.52. The Kier molecular flexibility index (Phi) is 6.27. The van der Waals surface area contributed by atoms with Crippen molar-refractivity contribution in [2.75, 3.05) is 17.2 Å². The van der Waals surface area contributed by atoms with Crippen molar-refractivity contribution in [3.63, 3.8) is 0 Å². The van der Waals surface area contributed by atoms with Gasteiger partial charge in [0.15, 0.2) is 0 Å². The van der Waals surface area contributed by atoms with Gasteiger partial charge in [-0.05, 0) is 56.2 Å². The van der Waals surface area contributed by atoms with Gasteiger partial charge in [0.05, 0.1) is 24.9 Å². The normalized spacial score (nSPS) is 10.4. The summed E-state index contributed by atoms with van der Waals surface area (Å²) in [5, 5.41) is 6.20. The van der Waals surface area contributed by atoms with Crippen molar-refractivity contribution in [1.29, 1.82) is 0 Å². The predicted octanol–water partition coefficient (Wildman–Crippen LogP) is 5.16. The first kappa shape index (κ1) is 19.4. The highest BCUT2D eigenvalue weighted by Gasteiger charge is 2.07. The summed E-state index contributed by atoms with van der Waals surface area (Å²) in [4.78, 5) is 16.5. The largest absolute Gasteiger partial charge is 0.493 e. The molecule has 1 amide bonds. The van der Waals surface area contributed by atoms with Crippen molar-refractivity contribution in [2.24, 2.45) is 0 Å². The maximum Gasteiger partial charge on any atom is 0.227 e. The number of amides is 1. The predicted molar refractivity (Wildman–Crippen MR) is 113 cm³/mol. The van der Waals surface area contributed by atoms with E-state index < -0.39 is 0 Å². The average Bonchev–Trinajstić information content (AvgIpc) is 2.67. The summed E-state index contributed by atoms with van der Waals surface area (Å²) in [5.41, 5.74) is 5.31. The molecule has 0 spiro atoms. The minimum atomic E-state index is -0.108. The van der Waals surface area contributed by atoms with Gasteiger partial charge in [0.2, 0.25) is 5.91 Å². The van der Waals surface area contributed by atoms with Crippen LogP contribution in [0.2, 0.25) is 0 Å². The standard InChI is InChI=1S/C23H25N3O2/c1-16-13-17(2)23(18(3)14-16)26-21-10-9-19(15-24-21)25-22(27)11-12-28-20-7-5-4-6-8-20/h4-10,13-15H,11-12H2,1-3H3,(H,24,26)(H,25,27). The summed E-state index contributed by atoms with van der Waals surface area (Å²) in [5.74, 6) is 1.39. The number of nitrogens with one attached hydrogen (secondary N) is 2. The molecule has 0 aliphatic rings. The molecule has 144 valence electrons. The van der Waals surface area contributed by atoms with E-state index in [0.29, 0.717) is 12.3 Å². The molecule has 0 bridgehead atoms. The zero-order chi connectivity index (χ0) is 19.9. The van der Waals surface area contributed by atoms with E-state index in [4.69, 9.17) is 4.74 Å². The quantitative estimate of drug-likeness (QED) is 0.599. The molecule has 0 radical (unpaired) electrons. The highest BCUT2D eigenvalue weighted by molar-refractivity contribution is 5.90. The molecule has 1 heterocycles. The van der Waals surface area contributed by atoms with Crippen molar-refractivity contribution in [1.82, 2.24) is 4.98 Å². The average molecular weight is 375 g/mol. The van der Waals surface area contributed by atoms with E-state index >= 15 is 0 Å². The fraction of sp³-hybridized carbons (Fsp3) is 0.217. The monoisotopic (exact) mass is 375 g/mol. The molecule has 2 N–H and O–H groups in total. The molecule has 0 saturated heterocycles. The van der Waals surface area contributed by atoms with Crippen molar-refractivity contribution >= 4 is 23.1 Å². The minimum Gasteiger partial charge on any atom is -0.493 e. The molecule has 2 aromatic carbocycles. The number of nitrogens with zero attached hydrogens (tertiary/aromatic N) is 1. The van der Waals surface area contributed by atoms with Crippen molar-refractivity contribution in [3.8, 4) is 5.75 Å². The number of pyridine rings is 1. The van der Waals surface area contributed by atoms with Gasteiger partial charge >= 0.3 is 0 Å². The van der Waals surface area contributed by atoms with Crippen LogP contribution >= 0.6 is 0 Å². The second-order valence-corrected chi connectivity index (χ2v) is 6.79. The van der Waals surface area contributed by atoms with E-state index in [1.165, 1.54) is 16.7 Å². The van der Waals surface area contributed by atoms with Crippen LogP contribution in [0.15, 0.2) is 60.8 Å². The van der Waals surface area contributed by atoms with Crippen LogP contribution in [0.4, 0.5) is 17.2 Å². The molecule has 0 aliphatic heterocycles. The van der Waals surface area contributed by atoms with E-state index in [1.54, 1.807) is 6.20 Å². The fourth-order valence-corrected chi connectivity index (χ4v) is 3.05. The summed E-state index contributed by atoms with van der Waals surface area (Å²) >= 11 is 0. The Morgan fingerprint density at radius 3 is 2.36 bits per heavy atom. The molecule has 1 aromatic heterocycles. The number of aromatic nitrogens is 1. The molecule has 3 aromatic rings. The van der Waals surface area contributed by atoms with Crippen LogP contribution in [0.3, 0.4) is 0 Å². The van der Waals surface area contributed by atoms with Crippen LogP contribution < -0.4 is 15.4 Å². The fourth-order valence-electron chi connectivity index (χ4n) is 3.05. The molecule has 0 fully saturated rings. The zero-order valence-corrected chi connectivity index (χ0v) is 16.5. The van der Waals surface area contributed by atoms with Gasteiger partial charge in [0, 0.05) is 5.69 Å². The topological polar surface area (TPSA) is 63.2 Å². The van der Waals surface area contributed by atoms with Gasteiger partial charge in [-0.2, -0.15) is 0 Å². The van der Waals surface area contributed by atoms with Crippen LogP contribution in [0.1, 0.15) is 23.1 Å². The van der Waals surface area contributed by atoms with E-state index in [1.807, 2.05) is 42.5 Å². The smallest absolute Gasteiger partial charge is 0.227 e. The van der Waals surface area contributed by atoms with Crippen LogP contribution in [-0.2, 0) is 4.79 Å². The summed E-state index contributed by atoms with van der Waals surface area (Å²) < 4.78 is 5.54. The van der Waals surface area contributed by atoms with E-state index in [9.17, 15) is 4.79 Å². The third-order valence-electron chi connectivity index (χ3n) is 4.32. The lowest BCUT2D eigenvalue weighted by Crippen LogP contribution is -2.15. The third-order valence-corrected chi connectivity index (χ3v) is 4.32. The van der Waals surface area contributed by atoms with Gasteiger partial charge in [-0.25, -0.2) is 4.98 Å². The number of carbonyl (C=O) groups is 1. The Morgan fingerprint density at radius 2 is 1.71 bits per heavy atom. The Hall–Kier alpha value is -3.34. The lowest BCUT2D eigenvalue weighted by molar-refractivity contribution is -0.116. The van der Waals surface area contributed by atoms with Crippen molar-refractivity contribution < 1.29 is 9.53 Å². The Morgan fingerprint density at radius 1 is 1.00 bits per heavy atom. The molecule has 0 unspecified atom stereocenters. The molecule has 5 heteroatoms. The molecular weight excluding hydrogens is 350 g/mol. The van der Waals surface area contributed by atoms with Gasteiger partial charge in [0.1, 0.15) is 11.6 Å². The lowest BCUT2D eigenvalue weighted by atomic mass is 10.1. The molecule has 3 rings (SSSR count). The highest BCUT2D eigenvalue weighted by Crippen LogP contribution is 2.25. The lowest BCUT2D eigenvalue weighted by Gasteiger charge is -2.13. The second-order valence-electron chi connectivity index (χ2n) is 6.79. The van der Waals surface area contributed by atoms with E-state index in [-0.39, 0.29) is 12.3 Å². The third kappa shape index (κ3) is 5.33. The van der Waals surface area contributed by atoms with Crippen molar-refractivity contribution in [2.45, 2.75) is 27.2 Å². The first-order valence-electron chi connectivity index (χ1n) is 9.30. The molecule has 5 nitrogen and oxygen atoms in total. The Labute approximate surface area is 165 Å². The first-order valence-corrected chi connectivity index (χ1v) is 9.30. The second kappa shape index (κ2) is 9.04. The van der Waals surface area contributed by atoms with Gasteiger partial charge in [-0.3, -0.25) is 4.79 Å². The number of hydrogen-bond donors (Lipinski definition) is 2. The molecule has 0 aliphatic carbocycles. The zero-order valence-electron chi connectivity index (χ0n) is 16.5. The molecule has 0 saturated carbocycles. The highest BCUT2D eigenvalue weighted by atomic mass is 16.5. The van der Waals surface area contributed by atoms with Crippen LogP contribution in [0, 0.1) is 20.8 Å². The summed E-state index contributed by atoms with van der Waals surface area (Å²) in [6.07, 6.45) is 1.92. The maximum absolute atomic E-state index is 12.1.